The Hall–Kier alpha value is -0.730. The summed E-state index contributed by atoms with van der Waals surface area (Å²) in [5.74, 6) is -0.330. The van der Waals surface area contributed by atoms with Crippen molar-refractivity contribution >= 4 is 29.2 Å². The maximum Gasteiger partial charge on any atom is 0.338 e. The van der Waals surface area contributed by atoms with E-state index < -0.39 is 0 Å². The van der Waals surface area contributed by atoms with E-state index in [1.54, 1.807) is 12.1 Å². The number of ether oxygens (including phenoxy) is 1. The molecule has 1 aliphatic rings. The quantitative estimate of drug-likeness (QED) is 0.606. The van der Waals surface area contributed by atoms with Crippen molar-refractivity contribution in [2.75, 3.05) is 0 Å². The fourth-order valence-electron chi connectivity index (χ4n) is 1.14. The summed E-state index contributed by atoms with van der Waals surface area (Å²) in [5, 5.41) is 0.869. The van der Waals surface area contributed by atoms with Crippen LogP contribution in [0.3, 0.4) is 0 Å². The summed E-state index contributed by atoms with van der Waals surface area (Å²) in [4.78, 5) is 11.0. The van der Waals surface area contributed by atoms with Gasteiger partial charge >= 0.3 is 5.97 Å². The average Bonchev–Trinajstić information content (AvgIpc) is 2.41. The standard InChI is InChI=1S/C8H4Cl2O2/c9-6-2-1-4-5(7(6)10)3-12-8(4)11/h1-2H,3H2. The van der Waals surface area contributed by atoms with E-state index in [4.69, 9.17) is 27.9 Å². The van der Waals surface area contributed by atoms with Gasteiger partial charge in [0.1, 0.15) is 6.61 Å². The Kier molecular flexibility index (Phi) is 1.74. The van der Waals surface area contributed by atoms with Crippen LogP contribution in [0.1, 0.15) is 15.9 Å². The molecule has 1 aromatic carbocycles. The molecule has 0 radical (unpaired) electrons. The molecule has 0 saturated carbocycles. The van der Waals surface area contributed by atoms with E-state index in [2.05, 4.69) is 0 Å². The predicted octanol–water partition coefficient (Wildman–Crippen LogP) is 2.66. The lowest BCUT2D eigenvalue weighted by atomic mass is 10.1. The van der Waals surface area contributed by atoms with E-state index >= 15 is 0 Å². The summed E-state index contributed by atoms with van der Waals surface area (Å²) in [5.41, 5.74) is 1.21. The van der Waals surface area contributed by atoms with Crippen LogP contribution in [0.5, 0.6) is 0 Å². The normalized spacial score (nSPS) is 14.3. The first kappa shape index (κ1) is 7.90. The number of rotatable bonds is 0. The van der Waals surface area contributed by atoms with Crippen molar-refractivity contribution in [1.29, 1.82) is 0 Å². The largest absolute Gasteiger partial charge is 0.457 e. The van der Waals surface area contributed by atoms with Gasteiger partial charge in [0.05, 0.1) is 15.6 Å². The van der Waals surface area contributed by atoms with Crippen LogP contribution in [-0.2, 0) is 11.3 Å². The average molecular weight is 203 g/mol. The van der Waals surface area contributed by atoms with Gasteiger partial charge in [-0.15, -0.1) is 0 Å². The molecule has 0 atom stereocenters. The first-order chi connectivity index (χ1) is 5.70. The molecular formula is C8H4Cl2O2. The number of cyclic esters (lactones) is 1. The van der Waals surface area contributed by atoms with Crippen molar-refractivity contribution in [2.24, 2.45) is 0 Å². The van der Waals surface area contributed by atoms with Gasteiger partial charge in [-0.1, -0.05) is 23.2 Å². The maximum atomic E-state index is 11.0. The summed E-state index contributed by atoms with van der Waals surface area (Å²) in [7, 11) is 0. The van der Waals surface area contributed by atoms with Crippen LogP contribution in [0.25, 0.3) is 0 Å². The van der Waals surface area contributed by atoms with Gasteiger partial charge in [-0.3, -0.25) is 0 Å². The first-order valence-corrected chi connectivity index (χ1v) is 4.10. The Labute approximate surface area is 79.0 Å². The van der Waals surface area contributed by atoms with Crippen LogP contribution in [0, 0.1) is 0 Å². The minimum Gasteiger partial charge on any atom is -0.457 e. The van der Waals surface area contributed by atoms with Gasteiger partial charge in [-0.25, -0.2) is 4.79 Å². The number of hydrogen-bond donors (Lipinski definition) is 0. The molecule has 0 amide bonds. The number of esters is 1. The van der Waals surface area contributed by atoms with Crippen LogP contribution in [0.4, 0.5) is 0 Å². The Morgan fingerprint density at radius 1 is 1.33 bits per heavy atom. The van der Waals surface area contributed by atoms with E-state index in [9.17, 15) is 4.79 Å². The molecule has 4 heteroatoms. The third kappa shape index (κ3) is 0.993. The number of fused-ring (bicyclic) bond motifs is 1. The van der Waals surface area contributed by atoms with Gasteiger partial charge in [0.25, 0.3) is 0 Å². The Balaban J connectivity index is 2.68. The second-order valence-electron chi connectivity index (χ2n) is 2.46. The maximum absolute atomic E-state index is 11.0. The smallest absolute Gasteiger partial charge is 0.338 e. The van der Waals surface area contributed by atoms with Crippen LogP contribution in [0.15, 0.2) is 12.1 Å². The molecule has 0 N–H and O–H groups in total. The molecular weight excluding hydrogens is 199 g/mol. The SMILES string of the molecule is O=C1OCc2c1ccc(Cl)c2Cl. The Morgan fingerprint density at radius 3 is 2.83 bits per heavy atom. The number of carbonyl (C=O) groups excluding carboxylic acids is 1. The first-order valence-electron chi connectivity index (χ1n) is 3.34. The van der Waals surface area contributed by atoms with Crippen molar-refractivity contribution in [2.45, 2.75) is 6.61 Å². The van der Waals surface area contributed by atoms with E-state index in [0.29, 0.717) is 21.2 Å². The highest BCUT2D eigenvalue weighted by molar-refractivity contribution is 6.42. The van der Waals surface area contributed by atoms with Gasteiger partial charge in [0.15, 0.2) is 0 Å². The lowest BCUT2D eigenvalue weighted by Gasteiger charge is -1.98. The second-order valence-corrected chi connectivity index (χ2v) is 3.25. The highest BCUT2D eigenvalue weighted by atomic mass is 35.5. The lowest BCUT2D eigenvalue weighted by molar-refractivity contribution is 0.0535. The molecule has 0 aliphatic carbocycles. The minimum absolute atomic E-state index is 0.230. The van der Waals surface area contributed by atoms with Crippen molar-refractivity contribution in [3.63, 3.8) is 0 Å². The molecule has 2 rings (SSSR count). The number of halogens is 2. The topological polar surface area (TPSA) is 26.3 Å². The molecule has 0 spiro atoms. The van der Waals surface area contributed by atoms with E-state index in [0.717, 1.165) is 0 Å². The van der Waals surface area contributed by atoms with Crippen LogP contribution >= 0.6 is 23.2 Å². The molecule has 0 unspecified atom stereocenters. The molecule has 2 nitrogen and oxygen atoms in total. The van der Waals surface area contributed by atoms with Gasteiger partial charge < -0.3 is 4.74 Å². The molecule has 1 aromatic rings. The van der Waals surface area contributed by atoms with Crippen LogP contribution in [0.2, 0.25) is 10.0 Å². The molecule has 1 aliphatic heterocycles. The molecule has 1 heterocycles. The lowest BCUT2D eigenvalue weighted by Crippen LogP contribution is -1.92. The minimum atomic E-state index is -0.330. The predicted molar refractivity (Wildman–Crippen MR) is 45.6 cm³/mol. The summed E-state index contributed by atoms with van der Waals surface area (Å²) < 4.78 is 4.78. The fourth-order valence-corrected chi connectivity index (χ4v) is 1.54. The van der Waals surface area contributed by atoms with E-state index in [1.165, 1.54) is 0 Å². The second kappa shape index (κ2) is 2.64. The summed E-state index contributed by atoms with van der Waals surface area (Å²) in [6.07, 6.45) is 0. The summed E-state index contributed by atoms with van der Waals surface area (Å²) in [6, 6.07) is 3.22. The third-order valence-electron chi connectivity index (χ3n) is 1.76. The molecule has 62 valence electrons. The Bertz CT molecular complexity index is 360. The van der Waals surface area contributed by atoms with Gasteiger partial charge in [-0.2, -0.15) is 0 Å². The van der Waals surface area contributed by atoms with E-state index in [1.807, 2.05) is 0 Å². The van der Waals surface area contributed by atoms with Crippen molar-refractivity contribution < 1.29 is 9.53 Å². The van der Waals surface area contributed by atoms with Gasteiger partial charge in [0.2, 0.25) is 0 Å². The van der Waals surface area contributed by atoms with Crippen LogP contribution in [-0.4, -0.2) is 5.97 Å². The highest BCUT2D eigenvalue weighted by Crippen LogP contribution is 2.32. The number of hydrogen-bond acceptors (Lipinski definition) is 2. The molecule has 0 aromatic heterocycles. The molecule has 0 saturated heterocycles. The molecule has 0 bridgehead atoms. The van der Waals surface area contributed by atoms with Gasteiger partial charge in [0, 0.05) is 5.56 Å². The number of benzene rings is 1. The molecule has 0 fully saturated rings. The Morgan fingerprint density at radius 2 is 2.08 bits per heavy atom. The van der Waals surface area contributed by atoms with Crippen molar-refractivity contribution in [3.05, 3.63) is 33.3 Å². The van der Waals surface area contributed by atoms with Gasteiger partial charge in [-0.05, 0) is 12.1 Å². The number of carbonyl (C=O) groups is 1. The summed E-state index contributed by atoms with van der Waals surface area (Å²) >= 11 is 11.6. The zero-order chi connectivity index (χ0) is 8.72. The summed E-state index contributed by atoms with van der Waals surface area (Å²) in [6.45, 7) is 0.230. The molecule has 12 heavy (non-hydrogen) atoms. The van der Waals surface area contributed by atoms with E-state index in [-0.39, 0.29) is 12.6 Å². The zero-order valence-electron chi connectivity index (χ0n) is 5.93. The third-order valence-corrected chi connectivity index (χ3v) is 2.61. The zero-order valence-corrected chi connectivity index (χ0v) is 7.45. The monoisotopic (exact) mass is 202 g/mol. The van der Waals surface area contributed by atoms with Crippen molar-refractivity contribution in [3.8, 4) is 0 Å². The van der Waals surface area contributed by atoms with Crippen LogP contribution < -0.4 is 0 Å². The van der Waals surface area contributed by atoms with Crippen molar-refractivity contribution in [1.82, 2.24) is 0 Å². The fraction of sp³-hybridized carbons (Fsp3) is 0.125. The highest BCUT2D eigenvalue weighted by Gasteiger charge is 2.24.